The molecule has 0 radical (unpaired) electrons. The van der Waals surface area contributed by atoms with Gasteiger partial charge in [0.15, 0.2) is 0 Å². The molecule has 0 unspecified atom stereocenters. The van der Waals surface area contributed by atoms with Crippen LogP contribution in [0.1, 0.15) is 30.1 Å². The highest BCUT2D eigenvalue weighted by molar-refractivity contribution is 5.99. The van der Waals surface area contributed by atoms with Gasteiger partial charge in [0.05, 0.1) is 6.61 Å². The van der Waals surface area contributed by atoms with Crippen LogP contribution in [0.2, 0.25) is 0 Å². The van der Waals surface area contributed by atoms with E-state index in [9.17, 15) is 27.6 Å². The van der Waals surface area contributed by atoms with E-state index in [0.717, 1.165) is 0 Å². The van der Waals surface area contributed by atoms with Gasteiger partial charge in [-0.1, -0.05) is 6.07 Å². The van der Waals surface area contributed by atoms with Gasteiger partial charge in [0.2, 0.25) is 5.91 Å². The fourth-order valence-corrected chi connectivity index (χ4v) is 2.69. The Morgan fingerprint density at radius 3 is 2.62 bits per heavy atom. The quantitative estimate of drug-likeness (QED) is 0.719. The van der Waals surface area contributed by atoms with E-state index in [1.54, 1.807) is 6.07 Å². The molecule has 1 aliphatic rings. The molecular formula is C17H19F3N2O4. The molecule has 2 amide bonds. The van der Waals surface area contributed by atoms with Crippen molar-refractivity contribution in [2.75, 3.05) is 31.1 Å². The Kier molecular flexibility index (Phi) is 6.23. The van der Waals surface area contributed by atoms with Crippen LogP contribution in [0.15, 0.2) is 24.3 Å². The SMILES string of the molecule is CCOC(=O)CN(CC(F)(F)F)C(=O)c1cccc(N2CCCC2=O)c1. The Hall–Kier alpha value is -2.58. The number of esters is 1. The van der Waals surface area contributed by atoms with Gasteiger partial charge in [0.1, 0.15) is 13.1 Å². The number of nitrogens with zero attached hydrogens (tertiary/aromatic N) is 2. The molecule has 0 aliphatic carbocycles. The van der Waals surface area contributed by atoms with Crippen molar-refractivity contribution in [3.8, 4) is 0 Å². The third-order valence-electron chi connectivity index (χ3n) is 3.76. The van der Waals surface area contributed by atoms with Gasteiger partial charge in [-0.2, -0.15) is 13.2 Å². The number of anilines is 1. The van der Waals surface area contributed by atoms with Gasteiger partial charge in [0.25, 0.3) is 5.91 Å². The number of carbonyl (C=O) groups excluding carboxylic acids is 3. The molecule has 0 aromatic heterocycles. The Morgan fingerprint density at radius 1 is 1.31 bits per heavy atom. The molecule has 26 heavy (non-hydrogen) atoms. The van der Waals surface area contributed by atoms with Gasteiger partial charge in [-0.3, -0.25) is 14.4 Å². The summed E-state index contributed by atoms with van der Waals surface area (Å²) >= 11 is 0. The van der Waals surface area contributed by atoms with Crippen LogP contribution in [-0.4, -0.2) is 55.1 Å². The third kappa shape index (κ3) is 5.21. The van der Waals surface area contributed by atoms with E-state index in [1.807, 2.05) is 0 Å². The largest absolute Gasteiger partial charge is 0.465 e. The van der Waals surface area contributed by atoms with Crippen molar-refractivity contribution in [1.29, 1.82) is 0 Å². The van der Waals surface area contributed by atoms with Crippen molar-refractivity contribution >= 4 is 23.5 Å². The first kappa shape index (κ1) is 19.7. The first-order valence-corrected chi connectivity index (χ1v) is 8.13. The van der Waals surface area contributed by atoms with Crippen molar-refractivity contribution in [2.45, 2.75) is 25.9 Å². The number of alkyl halides is 3. The lowest BCUT2D eigenvalue weighted by atomic mass is 10.1. The lowest BCUT2D eigenvalue weighted by molar-refractivity contribution is -0.153. The van der Waals surface area contributed by atoms with E-state index in [4.69, 9.17) is 0 Å². The van der Waals surface area contributed by atoms with Gasteiger partial charge in [-0.05, 0) is 31.5 Å². The molecule has 1 saturated heterocycles. The highest BCUT2D eigenvalue weighted by atomic mass is 19.4. The summed E-state index contributed by atoms with van der Waals surface area (Å²) in [5.41, 5.74) is 0.414. The summed E-state index contributed by atoms with van der Waals surface area (Å²) in [4.78, 5) is 37.8. The summed E-state index contributed by atoms with van der Waals surface area (Å²) in [6, 6.07) is 5.81. The summed E-state index contributed by atoms with van der Waals surface area (Å²) in [5.74, 6) is -1.98. The minimum Gasteiger partial charge on any atom is -0.465 e. The number of carbonyl (C=O) groups is 3. The Labute approximate surface area is 148 Å². The molecule has 0 bridgehead atoms. The van der Waals surface area contributed by atoms with E-state index < -0.39 is 31.1 Å². The fraction of sp³-hybridized carbons (Fsp3) is 0.471. The molecule has 0 saturated carbocycles. The molecule has 1 fully saturated rings. The second-order valence-electron chi connectivity index (χ2n) is 5.78. The van der Waals surface area contributed by atoms with Gasteiger partial charge < -0.3 is 14.5 Å². The zero-order valence-electron chi connectivity index (χ0n) is 14.2. The molecule has 142 valence electrons. The van der Waals surface area contributed by atoms with Crippen molar-refractivity contribution in [1.82, 2.24) is 4.90 Å². The summed E-state index contributed by atoms with van der Waals surface area (Å²) in [6.07, 6.45) is -3.59. The molecule has 1 aromatic rings. The number of halogens is 3. The van der Waals surface area contributed by atoms with E-state index >= 15 is 0 Å². The predicted molar refractivity (Wildman–Crippen MR) is 86.6 cm³/mol. The highest BCUT2D eigenvalue weighted by Gasteiger charge is 2.35. The third-order valence-corrected chi connectivity index (χ3v) is 3.76. The standard InChI is InChI=1S/C17H19F3N2O4/c1-2-26-15(24)10-21(11-17(18,19)20)16(25)12-5-3-6-13(9-12)22-8-4-7-14(22)23/h3,5-6,9H,2,4,7-8,10-11H2,1H3. The van der Waals surface area contributed by atoms with Crippen molar-refractivity contribution in [3.05, 3.63) is 29.8 Å². The number of amides is 2. The predicted octanol–water partition coefficient (Wildman–Crippen LogP) is 2.38. The van der Waals surface area contributed by atoms with Gasteiger partial charge >= 0.3 is 12.1 Å². The number of hydrogen-bond donors (Lipinski definition) is 0. The number of hydrogen-bond acceptors (Lipinski definition) is 4. The maximum Gasteiger partial charge on any atom is 0.406 e. The Bertz CT molecular complexity index is 691. The maximum atomic E-state index is 12.8. The molecule has 0 N–H and O–H groups in total. The minimum atomic E-state index is -4.66. The van der Waals surface area contributed by atoms with E-state index in [2.05, 4.69) is 4.74 Å². The summed E-state index contributed by atoms with van der Waals surface area (Å²) < 4.78 is 43.0. The fourth-order valence-electron chi connectivity index (χ4n) is 2.69. The summed E-state index contributed by atoms with van der Waals surface area (Å²) in [7, 11) is 0. The van der Waals surface area contributed by atoms with Gasteiger partial charge in [-0.25, -0.2) is 0 Å². The Morgan fingerprint density at radius 2 is 2.04 bits per heavy atom. The minimum absolute atomic E-state index is 0.000557. The Balaban J connectivity index is 2.23. The molecule has 0 atom stereocenters. The lowest BCUT2D eigenvalue weighted by Crippen LogP contribution is -2.42. The second kappa shape index (κ2) is 8.20. The second-order valence-corrected chi connectivity index (χ2v) is 5.78. The van der Waals surface area contributed by atoms with Crippen molar-refractivity contribution in [2.24, 2.45) is 0 Å². The molecule has 1 heterocycles. The number of benzene rings is 1. The van der Waals surface area contributed by atoms with Crippen LogP contribution in [0.5, 0.6) is 0 Å². The molecule has 2 rings (SSSR count). The number of rotatable bonds is 6. The van der Waals surface area contributed by atoms with Gasteiger partial charge in [-0.15, -0.1) is 0 Å². The van der Waals surface area contributed by atoms with Crippen LogP contribution < -0.4 is 4.90 Å². The van der Waals surface area contributed by atoms with Crippen LogP contribution in [0, 0.1) is 0 Å². The molecule has 1 aromatic carbocycles. The zero-order chi connectivity index (χ0) is 19.3. The van der Waals surface area contributed by atoms with Gasteiger partial charge in [0, 0.05) is 24.2 Å². The van der Waals surface area contributed by atoms with Crippen LogP contribution in [0.3, 0.4) is 0 Å². The normalized spacial score (nSPS) is 14.5. The highest BCUT2D eigenvalue weighted by Crippen LogP contribution is 2.24. The molecule has 6 nitrogen and oxygen atoms in total. The first-order chi connectivity index (χ1) is 12.2. The summed E-state index contributed by atoms with van der Waals surface area (Å²) in [5, 5.41) is 0. The average Bonchev–Trinajstić information content (AvgIpc) is 2.99. The zero-order valence-corrected chi connectivity index (χ0v) is 14.2. The monoisotopic (exact) mass is 372 g/mol. The molecule has 1 aliphatic heterocycles. The maximum absolute atomic E-state index is 12.8. The summed E-state index contributed by atoms with van der Waals surface area (Å²) in [6.45, 7) is -0.369. The van der Waals surface area contributed by atoms with Crippen LogP contribution in [-0.2, 0) is 14.3 Å². The van der Waals surface area contributed by atoms with Crippen LogP contribution in [0.4, 0.5) is 18.9 Å². The molecular weight excluding hydrogens is 353 g/mol. The smallest absolute Gasteiger partial charge is 0.406 e. The number of ether oxygens (including phenoxy) is 1. The van der Waals surface area contributed by atoms with E-state index in [-0.39, 0.29) is 18.1 Å². The van der Waals surface area contributed by atoms with Crippen LogP contribution >= 0.6 is 0 Å². The first-order valence-electron chi connectivity index (χ1n) is 8.13. The topological polar surface area (TPSA) is 66.9 Å². The van der Waals surface area contributed by atoms with Crippen molar-refractivity contribution < 1.29 is 32.3 Å². The molecule has 9 heteroatoms. The van der Waals surface area contributed by atoms with Crippen molar-refractivity contribution in [3.63, 3.8) is 0 Å². The van der Waals surface area contributed by atoms with E-state index in [0.29, 0.717) is 30.0 Å². The van der Waals surface area contributed by atoms with Crippen LogP contribution in [0.25, 0.3) is 0 Å². The molecule has 0 spiro atoms. The van der Waals surface area contributed by atoms with E-state index in [1.165, 1.54) is 30.0 Å². The lowest BCUT2D eigenvalue weighted by Gasteiger charge is -2.24. The average molecular weight is 372 g/mol.